The Balaban J connectivity index is 2.45. The van der Waals surface area contributed by atoms with Crippen LogP contribution >= 0.6 is 0 Å². The van der Waals surface area contributed by atoms with E-state index in [0.29, 0.717) is 6.42 Å². The van der Waals surface area contributed by atoms with Crippen molar-refractivity contribution in [3.05, 3.63) is 0 Å². The van der Waals surface area contributed by atoms with Crippen LogP contribution in [0.3, 0.4) is 0 Å². The summed E-state index contributed by atoms with van der Waals surface area (Å²) in [5, 5.41) is 18.2. The molecule has 14 heavy (non-hydrogen) atoms. The monoisotopic (exact) mass is 198 g/mol. The van der Waals surface area contributed by atoms with E-state index < -0.39 is 23.3 Å². The minimum atomic E-state index is -1.01. The molecule has 0 aromatic heterocycles. The van der Waals surface area contributed by atoms with E-state index in [1.54, 1.807) is 0 Å². The molecule has 0 unspecified atom stereocenters. The molecule has 2 N–H and O–H groups in total. The van der Waals surface area contributed by atoms with Crippen LogP contribution in [-0.2, 0) is 9.59 Å². The maximum Gasteiger partial charge on any atom is 0.311 e. The van der Waals surface area contributed by atoms with Crippen LogP contribution in [-0.4, -0.2) is 22.2 Å². The van der Waals surface area contributed by atoms with Gasteiger partial charge in [0.15, 0.2) is 0 Å². The summed E-state index contributed by atoms with van der Waals surface area (Å²) < 4.78 is 0. The normalized spacial score (nSPS) is 43.0. The summed E-state index contributed by atoms with van der Waals surface area (Å²) in [5.41, 5.74) is -1.37. The van der Waals surface area contributed by atoms with E-state index in [2.05, 4.69) is 0 Å². The number of hydrogen-bond acceptors (Lipinski definition) is 2. The SMILES string of the molecule is CC1(C)[C@@H]2CC[C@]1(C(=O)O)[C@@H]2C(=O)O. The van der Waals surface area contributed by atoms with Gasteiger partial charge in [-0.1, -0.05) is 13.8 Å². The van der Waals surface area contributed by atoms with Gasteiger partial charge in [-0.3, -0.25) is 9.59 Å². The summed E-state index contributed by atoms with van der Waals surface area (Å²) in [5.74, 6) is -2.52. The number of carbonyl (C=O) groups is 2. The van der Waals surface area contributed by atoms with E-state index in [4.69, 9.17) is 5.11 Å². The Morgan fingerprint density at radius 2 is 1.86 bits per heavy atom. The number of carboxylic acids is 2. The fourth-order valence-corrected chi connectivity index (χ4v) is 3.68. The minimum absolute atomic E-state index is 0.0381. The molecule has 3 fully saturated rings. The van der Waals surface area contributed by atoms with Gasteiger partial charge in [-0.25, -0.2) is 0 Å². The van der Waals surface area contributed by atoms with Crippen molar-refractivity contribution in [3.8, 4) is 0 Å². The molecule has 4 nitrogen and oxygen atoms in total. The van der Waals surface area contributed by atoms with Crippen molar-refractivity contribution in [2.75, 3.05) is 0 Å². The van der Waals surface area contributed by atoms with Crippen molar-refractivity contribution in [1.29, 1.82) is 0 Å². The first-order valence-electron chi connectivity index (χ1n) is 4.82. The summed E-state index contributed by atoms with van der Waals surface area (Å²) in [6, 6.07) is 0. The average molecular weight is 198 g/mol. The lowest BCUT2D eigenvalue weighted by Gasteiger charge is -2.56. The average Bonchev–Trinajstić information content (AvgIpc) is 2.54. The lowest BCUT2D eigenvalue weighted by molar-refractivity contribution is -0.200. The molecule has 2 bridgehead atoms. The molecule has 78 valence electrons. The van der Waals surface area contributed by atoms with E-state index in [1.807, 2.05) is 13.8 Å². The predicted octanol–water partition coefficient (Wildman–Crippen LogP) is 1.21. The molecule has 0 radical (unpaired) electrons. The van der Waals surface area contributed by atoms with Crippen LogP contribution in [0.5, 0.6) is 0 Å². The Morgan fingerprint density at radius 3 is 2.14 bits per heavy atom. The van der Waals surface area contributed by atoms with E-state index in [-0.39, 0.29) is 11.3 Å². The standard InChI is InChI=1S/C10H14O4/c1-9(2)5-3-4-10(9,8(13)14)6(5)7(11)12/h5-6H,3-4H2,1-2H3,(H,11,12)(H,13,14)/t5-,6+,10-/m1/s1. The second-order valence-electron chi connectivity index (χ2n) is 4.96. The van der Waals surface area contributed by atoms with E-state index >= 15 is 0 Å². The summed E-state index contributed by atoms with van der Waals surface area (Å²) in [6.07, 6.45) is 1.24. The first-order valence-corrected chi connectivity index (χ1v) is 4.82. The fraction of sp³-hybridized carbons (Fsp3) is 0.800. The number of fused-ring (bicyclic) bond motifs is 1. The Labute approximate surface area is 81.9 Å². The van der Waals surface area contributed by atoms with Crippen molar-refractivity contribution in [3.63, 3.8) is 0 Å². The highest BCUT2D eigenvalue weighted by Gasteiger charge is 2.77. The van der Waals surface area contributed by atoms with Crippen LogP contribution in [0, 0.1) is 22.7 Å². The van der Waals surface area contributed by atoms with Gasteiger partial charge in [0, 0.05) is 0 Å². The molecule has 0 aliphatic heterocycles. The lowest BCUT2D eigenvalue weighted by atomic mass is 9.44. The van der Waals surface area contributed by atoms with Crippen molar-refractivity contribution in [2.45, 2.75) is 26.7 Å². The third kappa shape index (κ3) is 0.678. The maximum absolute atomic E-state index is 11.2. The lowest BCUT2D eigenvalue weighted by Crippen LogP contribution is -2.63. The molecule has 0 heterocycles. The van der Waals surface area contributed by atoms with Crippen LogP contribution in [0.1, 0.15) is 26.7 Å². The first kappa shape index (κ1) is 9.49. The van der Waals surface area contributed by atoms with Gasteiger partial charge in [-0.05, 0) is 24.2 Å². The molecule has 0 aromatic carbocycles. The summed E-state index contributed by atoms with van der Waals surface area (Å²) in [7, 11) is 0. The zero-order valence-electron chi connectivity index (χ0n) is 8.28. The topological polar surface area (TPSA) is 74.6 Å². The van der Waals surface area contributed by atoms with Gasteiger partial charge in [-0.15, -0.1) is 0 Å². The predicted molar refractivity (Wildman–Crippen MR) is 47.7 cm³/mol. The summed E-state index contributed by atoms with van der Waals surface area (Å²) >= 11 is 0. The quantitative estimate of drug-likeness (QED) is 0.699. The maximum atomic E-state index is 11.2. The van der Waals surface area contributed by atoms with Gasteiger partial charge in [-0.2, -0.15) is 0 Å². The van der Waals surface area contributed by atoms with E-state index in [0.717, 1.165) is 6.42 Å². The molecular formula is C10H14O4. The second-order valence-corrected chi connectivity index (χ2v) is 4.96. The Hall–Kier alpha value is -1.06. The first-order chi connectivity index (χ1) is 6.35. The zero-order chi connectivity index (χ0) is 10.7. The van der Waals surface area contributed by atoms with Crippen LogP contribution in [0.15, 0.2) is 0 Å². The molecule has 3 saturated carbocycles. The number of carboxylic acid groups (broad SMARTS) is 2. The van der Waals surface area contributed by atoms with Crippen molar-refractivity contribution < 1.29 is 19.8 Å². The van der Waals surface area contributed by atoms with Gasteiger partial charge in [0.2, 0.25) is 0 Å². The molecule has 0 spiro atoms. The Morgan fingerprint density at radius 1 is 1.29 bits per heavy atom. The van der Waals surface area contributed by atoms with Gasteiger partial charge in [0.05, 0.1) is 11.3 Å². The largest absolute Gasteiger partial charge is 0.481 e. The van der Waals surface area contributed by atoms with E-state index in [1.165, 1.54) is 0 Å². The highest BCUT2D eigenvalue weighted by Crippen LogP contribution is 2.74. The third-order valence-corrected chi connectivity index (χ3v) is 4.51. The third-order valence-electron chi connectivity index (χ3n) is 4.51. The van der Waals surface area contributed by atoms with E-state index in [9.17, 15) is 14.7 Å². The van der Waals surface area contributed by atoms with Gasteiger partial charge < -0.3 is 10.2 Å². The fourth-order valence-electron chi connectivity index (χ4n) is 3.68. The summed E-state index contributed by atoms with van der Waals surface area (Å²) in [4.78, 5) is 22.2. The molecule has 0 aromatic rings. The van der Waals surface area contributed by atoms with Crippen LogP contribution in [0.2, 0.25) is 0 Å². The van der Waals surface area contributed by atoms with Crippen LogP contribution in [0.25, 0.3) is 0 Å². The number of aliphatic carboxylic acids is 2. The molecule has 3 aliphatic carbocycles. The van der Waals surface area contributed by atoms with Crippen molar-refractivity contribution in [1.82, 2.24) is 0 Å². The van der Waals surface area contributed by atoms with Crippen molar-refractivity contribution >= 4 is 11.9 Å². The molecule has 4 heteroatoms. The molecule has 3 rings (SSSR count). The highest BCUT2D eigenvalue weighted by molar-refractivity contribution is 5.88. The molecule has 0 saturated heterocycles. The number of rotatable bonds is 2. The smallest absolute Gasteiger partial charge is 0.311 e. The highest BCUT2D eigenvalue weighted by atomic mass is 16.4. The molecule has 3 atom stereocenters. The van der Waals surface area contributed by atoms with Crippen LogP contribution in [0.4, 0.5) is 0 Å². The Bertz CT molecular complexity index is 320. The molecule has 0 amide bonds. The minimum Gasteiger partial charge on any atom is -0.481 e. The van der Waals surface area contributed by atoms with Gasteiger partial charge >= 0.3 is 11.9 Å². The molecular weight excluding hydrogens is 184 g/mol. The summed E-state index contributed by atoms with van der Waals surface area (Å²) in [6.45, 7) is 3.75. The molecule has 3 aliphatic rings. The van der Waals surface area contributed by atoms with Gasteiger partial charge in [0.25, 0.3) is 0 Å². The zero-order valence-corrected chi connectivity index (χ0v) is 8.28. The number of hydrogen-bond donors (Lipinski definition) is 2. The van der Waals surface area contributed by atoms with Crippen LogP contribution < -0.4 is 0 Å². The Kier molecular flexibility index (Phi) is 1.56. The van der Waals surface area contributed by atoms with Gasteiger partial charge in [0.1, 0.15) is 0 Å². The van der Waals surface area contributed by atoms with Crippen molar-refractivity contribution in [2.24, 2.45) is 22.7 Å². The second kappa shape index (κ2) is 2.30.